The van der Waals surface area contributed by atoms with Gasteiger partial charge in [0.1, 0.15) is 5.82 Å². The van der Waals surface area contributed by atoms with Crippen molar-refractivity contribution >= 4 is 38.2 Å². The number of aromatic amines is 1. The average molecular weight is 469 g/mol. The van der Waals surface area contributed by atoms with Crippen molar-refractivity contribution in [1.82, 2.24) is 4.98 Å². The minimum atomic E-state index is -3.26. The number of hydrogen-bond acceptors (Lipinski definition) is 2. The van der Waals surface area contributed by atoms with Crippen LogP contribution in [0, 0.1) is 12.7 Å². The number of amides is 1. The van der Waals surface area contributed by atoms with Crippen molar-refractivity contribution in [2.24, 2.45) is 0 Å². The van der Waals surface area contributed by atoms with E-state index in [9.17, 15) is 18.0 Å². The molecule has 1 amide bonds. The molecule has 3 aromatic rings. The summed E-state index contributed by atoms with van der Waals surface area (Å²) in [6.07, 6.45) is 1.96. The quantitative estimate of drug-likeness (QED) is 0.272. The molecule has 170 valence electrons. The van der Waals surface area contributed by atoms with Crippen LogP contribution in [0.15, 0.2) is 54.7 Å². The number of anilines is 2. The molecule has 2 heterocycles. The van der Waals surface area contributed by atoms with E-state index in [1.165, 1.54) is 18.2 Å². The Labute approximate surface area is 192 Å². The molecule has 1 atom stereocenters. The fraction of sp³-hybridized carbons (Fsp3) is 0.160. The Morgan fingerprint density at radius 3 is 2.58 bits per heavy atom. The van der Waals surface area contributed by atoms with E-state index in [1.54, 1.807) is 46.5 Å². The third-order valence-corrected chi connectivity index (χ3v) is 5.82. The smallest absolute Gasteiger partial charge is 0.286 e. The largest absolute Gasteiger partial charge is 0.358 e. The zero-order chi connectivity index (χ0) is 23.9. The first-order chi connectivity index (χ1) is 15.6. The first kappa shape index (κ1) is 22.9. The second-order valence-corrected chi connectivity index (χ2v) is 8.60. The minimum absolute atomic E-state index is 0.0892. The highest BCUT2D eigenvalue weighted by molar-refractivity contribution is 7.17. The molecule has 2 aromatic carbocycles. The number of rotatable bonds is 6. The maximum atomic E-state index is 14.8. The molecule has 0 radical (unpaired) electrons. The SMILES string of the molecule is C=C(CC)Nc1cc2c(cc1F)/C(=C/c1[nH]c(C)c(-c3ccccc3)c1C(F)(F)P)C(=O)N2. The van der Waals surface area contributed by atoms with Crippen LogP contribution < -0.4 is 10.6 Å². The molecule has 33 heavy (non-hydrogen) atoms. The van der Waals surface area contributed by atoms with Gasteiger partial charge in [-0.1, -0.05) is 53.1 Å². The lowest BCUT2D eigenvalue weighted by atomic mass is 9.98. The van der Waals surface area contributed by atoms with Gasteiger partial charge in [0.15, 0.2) is 0 Å². The number of aryl methyl sites for hydroxylation is 1. The van der Waals surface area contributed by atoms with Gasteiger partial charge < -0.3 is 15.6 Å². The summed E-state index contributed by atoms with van der Waals surface area (Å²) in [5, 5.41) is 5.57. The summed E-state index contributed by atoms with van der Waals surface area (Å²) in [5.74, 6) is -1.07. The standard InChI is InChI=1S/C25H23F3N3OP/c1-4-13(2)29-20-12-19-16(10-18(20)26)17(24(32)31-19)11-21-23(25(27,28)33)22(14(3)30-21)15-8-6-5-7-9-15/h5-12,29-30H,2,4,33H2,1,3H3,(H,31,32)/b17-11-. The van der Waals surface area contributed by atoms with Gasteiger partial charge in [-0.05, 0) is 37.1 Å². The van der Waals surface area contributed by atoms with Gasteiger partial charge in [-0.3, -0.25) is 4.79 Å². The molecule has 0 aliphatic carbocycles. The van der Waals surface area contributed by atoms with Crippen molar-refractivity contribution in [2.45, 2.75) is 25.9 Å². The number of alkyl halides is 2. The van der Waals surface area contributed by atoms with E-state index in [2.05, 4.69) is 22.2 Å². The molecule has 0 saturated carbocycles. The fourth-order valence-corrected chi connectivity index (χ4v) is 4.24. The number of H-pyrrole nitrogens is 1. The fourth-order valence-electron chi connectivity index (χ4n) is 3.94. The predicted molar refractivity (Wildman–Crippen MR) is 131 cm³/mol. The molecule has 4 nitrogen and oxygen atoms in total. The zero-order valence-corrected chi connectivity index (χ0v) is 19.3. The van der Waals surface area contributed by atoms with Gasteiger partial charge in [-0.2, -0.15) is 8.78 Å². The number of carbonyl (C=O) groups is 1. The molecule has 0 saturated heterocycles. The second kappa shape index (κ2) is 8.56. The summed E-state index contributed by atoms with van der Waals surface area (Å²) >= 11 is 0. The van der Waals surface area contributed by atoms with Gasteiger partial charge in [0, 0.05) is 28.2 Å². The number of hydrogen-bond donors (Lipinski definition) is 3. The molecule has 1 unspecified atom stereocenters. The molecule has 0 spiro atoms. The molecule has 8 heteroatoms. The van der Waals surface area contributed by atoms with Crippen molar-refractivity contribution in [3.05, 3.63) is 83.1 Å². The molecule has 1 aromatic heterocycles. The van der Waals surface area contributed by atoms with Crippen LogP contribution in [0.3, 0.4) is 0 Å². The summed E-state index contributed by atoms with van der Waals surface area (Å²) in [4.78, 5) is 15.7. The Morgan fingerprint density at radius 1 is 1.24 bits per heavy atom. The topological polar surface area (TPSA) is 56.9 Å². The van der Waals surface area contributed by atoms with E-state index < -0.39 is 17.4 Å². The Hall–Kier alpha value is -3.31. The predicted octanol–water partition coefficient (Wildman–Crippen LogP) is 6.88. The summed E-state index contributed by atoms with van der Waals surface area (Å²) in [6, 6.07) is 11.5. The number of nitrogens with one attached hydrogen (secondary N) is 3. The molecule has 0 bridgehead atoms. The summed E-state index contributed by atoms with van der Waals surface area (Å²) in [6.45, 7) is 7.38. The first-order valence-corrected chi connectivity index (χ1v) is 10.9. The summed E-state index contributed by atoms with van der Waals surface area (Å²) < 4.78 is 44.2. The number of carbonyl (C=O) groups excluding carboxylic acids is 1. The van der Waals surface area contributed by atoms with E-state index in [4.69, 9.17) is 0 Å². The Bertz CT molecular complexity index is 1290. The lowest BCUT2D eigenvalue weighted by Gasteiger charge is -2.14. The molecule has 0 fully saturated rings. The molecule has 3 N–H and O–H groups in total. The third kappa shape index (κ3) is 4.33. The van der Waals surface area contributed by atoms with E-state index >= 15 is 0 Å². The second-order valence-electron chi connectivity index (χ2n) is 7.87. The molecular weight excluding hydrogens is 446 g/mol. The van der Waals surface area contributed by atoms with Crippen LogP contribution in [0.1, 0.15) is 35.9 Å². The van der Waals surface area contributed by atoms with Crippen LogP contribution in [0.2, 0.25) is 0 Å². The third-order valence-electron chi connectivity index (χ3n) is 5.53. The number of allylic oxidation sites excluding steroid dienone is 1. The van der Waals surface area contributed by atoms with Gasteiger partial charge >= 0.3 is 0 Å². The van der Waals surface area contributed by atoms with Crippen molar-refractivity contribution in [3.63, 3.8) is 0 Å². The van der Waals surface area contributed by atoms with Crippen LogP contribution in [0.4, 0.5) is 24.5 Å². The molecule has 1 aliphatic rings. The van der Waals surface area contributed by atoms with E-state index in [0.29, 0.717) is 40.2 Å². The van der Waals surface area contributed by atoms with Crippen molar-refractivity contribution in [3.8, 4) is 11.1 Å². The van der Waals surface area contributed by atoms with Crippen LogP contribution in [-0.2, 0) is 10.5 Å². The minimum Gasteiger partial charge on any atom is -0.358 e. The van der Waals surface area contributed by atoms with Gasteiger partial charge in [0.25, 0.3) is 11.6 Å². The van der Waals surface area contributed by atoms with E-state index in [1.807, 2.05) is 6.92 Å². The van der Waals surface area contributed by atoms with Crippen LogP contribution in [0.25, 0.3) is 22.8 Å². The van der Waals surface area contributed by atoms with Gasteiger partial charge in [0.05, 0.1) is 22.5 Å². The number of aromatic nitrogens is 1. The first-order valence-electron chi connectivity index (χ1n) is 10.4. The lowest BCUT2D eigenvalue weighted by Crippen LogP contribution is -2.07. The number of benzene rings is 2. The summed E-state index contributed by atoms with van der Waals surface area (Å²) in [5.41, 5.74) is -0.297. The van der Waals surface area contributed by atoms with Gasteiger partial charge in [-0.25, -0.2) is 4.39 Å². The number of fused-ring (bicyclic) bond motifs is 1. The van der Waals surface area contributed by atoms with Gasteiger partial charge in [0.2, 0.25) is 0 Å². The number of halogens is 3. The highest BCUT2D eigenvalue weighted by Gasteiger charge is 2.35. The Morgan fingerprint density at radius 2 is 1.94 bits per heavy atom. The average Bonchev–Trinajstić information content (AvgIpc) is 3.25. The maximum absolute atomic E-state index is 14.8. The Balaban J connectivity index is 1.85. The van der Waals surface area contributed by atoms with Crippen molar-refractivity contribution < 1.29 is 18.0 Å². The summed E-state index contributed by atoms with van der Waals surface area (Å²) in [7, 11) is 1.56. The highest BCUT2D eigenvalue weighted by atomic mass is 31.0. The molecule has 4 rings (SSSR count). The van der Waals surface area contributed by atoms with E-state index in [-0.39, 0.29) is 22.5 Å². The van der Waals surface area contributed by atoms with Crippen LogP contribution >= 0.6 is 9.24 Å². The van der Waals surface area contributed by atoms with Gasteiger partial charge in [-0.15, -0.1) is 0 Å². The van der Waals surface area contributed by atoms with E-state index in [0.717, 1.165) is 0 Å². The Kier molecular flexibility index (Phi) is 5.93. The molecule has 1 aliphatic heterocycles. The monoisotopic (exact) mass is 469 g/mol. The molecular formula is C25H23F3N3OP. The van der Waals surface area contributed by atoms with Crippen LogP contribution in [-0.4, -0.2) is 10.9 Å². The highest BCUT2D eigenvalue weighted by Crippen LogP contribution is 2.46. The zero-order valence-electron chi connectivity index (χ0n) is 18.2. The van der Waals surface area contributed by atoms with Crippen LogP contribution in [0.5, 0.6) is 0 Å². The normalized spacial score (nSPS) is 14.4. The lowest BCUT2D eigenvalue weighted by molar-refractivity contribution is -0.110. The van der Waals surface area contributed by atoms with Crippen molar-refractivity contribution in [2.75, 3.05) is 10.6 Å². The maximum Gasteiger partial charge on any atom is 0.286 e. The van der Waals surface area contributed by atoms with Crippen molar-refractivity contribution in [1.29, 1.82) is 0 Å².